The maximum atomic E-state index is 5.89. The van der Waals surface area contributed by atoms with Crippen molar-refractivity contribution in [3.63, 3.8) is 0 Å². The Morgan fingerprint density at radius 2 is 1.86 bits per heavy atom. The summed E-state index contributed by atoms with van der Waals surface area (Å²) in [5, 5.41) is 0. The lowest BCUT2D eigenvalue weighted by Gasteiger charge is -2.42. The molecule has 2 unspecified atom stereocenters. The van der Waals surface area contributed by atoms with Crippen molar-refractivity contribution in [2.24, 2.45) is 5.73 Å². The average Bonchev–Trinajstić information content (AvgIpc) is 2.17. The maximum Gasteiger partial charge on any atom is 0.0303 e. The van der Waals surface area contributed by atoms with Crippen LogP contribution in [-0.2, 0) is 0 Å². The fourth-order valence-corrected chi connectivity index (χ4v) is 2.10. The van der Waals surface area contributed by atoms with Crippen molar-refractivity contribution in [3.05, 3.63) is 0 Å². The third-order valence-electron chi connectivity index (χ3n) is 3.45. The number of hydrogen-bond acceptors (Lipinski definition) is 2. The Kier molecular flexibility index (Phi) is 6.38. The van der Waals surface area contributed by atoms with E-state index in [-0.39, 0.29) is 5.54 Å². The Balaban J connectivity index is 4.34. The molecule has 2 atom stereocenters. The van der Waals surface area contributed by atoms with Crippen molar-refractivity contribution in [2.45, 2.75) is 65.0 Å². The van der Waals surface area contributed by atoms with Crippen LogP contribution in [0.4, 0.5) is 0 Å². The van der Waals surface area contributed by atoms with Gasteiger partial charge < -0.3 is 5.73 Å². The molecule has 0 aromatic carbocycles. The SMILES string of the molecule is CCCC(C)N(C)C(C)(CN)CCC. The van der Waals surface area contributed by atoms with E-state index >= 15 is 0 Å². The highest BCUT2D eigenvalue weighted by Crippen LogP contribution is 2.22. The Hall–Kier alpha value is -0.0800. The van der Waals surface area contributed by atoms with Crippen molar-refractivity contribution in [1.82, 2.24) is 4.90 Å². The van der Waals surface area contributed by atoms with Crippen LogP contribution in [0, 0.1) is 0 Å². The molecule has 0 amide bonds. The quantitative estimate of drug-likeness (QED) is 0.684. The first kappa shape index (κ1) is 13.9. The van der Waals surface area contributed by atoms with Gasteiger partial charge in [0.15, 0.2) is 0 Å². The summed E-state index contributed by atoms with van der Waals surface area (Å²) in [6.07, 6.45) is 4.90. The molecule has 0 aliphatic heterocycles. The summed E-state index contributed by atoms with van der Waals surface area (Å²) in [6, 6.07) is 0.639. The Labute approximate surface area is 89.9 Å². The van der Waals surface area contributed by atoms with Crippen LogP contribution in [0.2, 0.25) is 0 Å². The van der Waals surface area contributed by atoms with E-state index in [1.807, 2.05) is 0 Å². The zero-order valence-electron chi connectivity index (χ0n) is 10.6. The molecule has 0 rings (SSSR count). The van der Waals surface area contributed by atoms with E-state index in [0.29, 0.717) is 6.04 Å². The van der Waals surface area contributed by atoms with Gasteiger partial charge in [0.25, 0.3) is 0 Å². The number of nitrogens with two attached hydrogens (primary N) is 1. The van der Waals surface area contributed by atoms with Crippen LogP contribution in [0.5, 0.6) is 0 Å². The van der Waals surface area contributed by atoms with Gasteiger partial charge in [0.1, 0.15) is 0 Å². The number of rotatable bonds is 7. The first-order valence-electron chi connectivity index (χ1n) is 5.94. The molecule has 0 aromatic rings. The van der Waals surface area contributed by atoms with Crippen LogP contribution in [0.3, 0.4) is 0 Å². The first-order valence-corrected chi connectivity index (χ1v) is 5.94. The fraction of sp³-hybridized carbons (Fsp3) is 1.00. The molecule has 0 aliphatic carbocycles. The molecule has 2 heteroatoms. The van der Waals surface area contributed by atoms with Gasteiger partial charge in [-0.05, 0) is 33.7 Å². The minimum Gasteiger partial charge on any atom is -0.329 e. The number of likely N-dealkylation sites (N-methyl/N-ethyl adjacent to an activating group) is 1. The third-order valence-corrected chi connectivity index (χ3v) is 3.45. The second-order valence-corrected chi connectivity index (χ2v) is 4.70. The zero-order chi connectivity index (χ0) is 11.2. The Bertz CT molecular complexity index is 147. The summed E-state index contributed by atoms with van der Waals surface area (Å²) >= 11 is 0. The predicted molar refractivity (Wildman–Crippen MR) is 64.5 cm³/mol. The van der Waals surface area contributed by atoms with Gasteiger partial charge >= 0.3 is 0 Å². The lowest BCUT2D eigenvalue weighted by atomic mass is 9.92. The van der Waals surface area contributed by atoms with Gasteiger partial charge in [-0.2, -0.15) is 0 Å². The normalized spacial score (nSPS) is 18.2. The van der Waals surface area contributed by atoms with Crippen molar-refractivity contribution < 1.29 is 0 Å². The highest BCUT2D eigenvalue weighted by molar-refractivity contribution is 4.87. The van der Waals surface area contributed by atoms with E-state index < -0.39 is 0 Å². The molecule has 0 spiro atoms. The molecule has 0 heterocycles. The van der Waals surface area contributed by atoms with Gasteiger partial charge in [-0.3, -0.25) is 4.90 Å². The highest BCUT2D eigenvalue weighted by Gasteiger charge is 2.29. The average molecular weight is 200 g/mol. The van der Waals surface area contributed by atoms with Crippen molar-refractivity contribution in [1.29, 1.82) is 0 Å². The lowest BCUT2D eigenvalue weighted by Crippen LogP contribution is -2.53. The van der Waals surface area contributed by atoms with Gasteiger partial charge in [0.05, 0.1) is 0 Å². The Morgan fingerprint density at radius 1 is 1.29 bits per heavy atom. The Morgan fingerprint density at radius 3 is 2.21 bits per heavy atom. The molecule has 0 saturated carbocycles. The van der Waals surface area contributed by atoms with Crippen LogP contribution >= 0.6 is 0 Å². The van der Waals surface area contributed by atoms with E-state index in [1.165, 1.54) is 25.7 Å². The topological polar surface area (TPSA) is 29.3 Å². The van der Waals surface area contributed by atoms with Crippen molar-refractivity contribution >= 4 is 0 Å². The second-order valence-electron chi connectivity index (χ2n) is 4.70. The summed E-state index contributed by atoms with van der Waals surface area (Å²) in [6.45, 7) is 9.80. The van der Waals surface area contributed by atoms with Crippen LogP contribution in [0.15, 0.2) is 0 Å². The molecule has 0 fully saturated rings. The fourth-order valence-electron chi connectivity index (χ4n) is 2.10. The van der Waals surface area contributed by atoms with Gasteiger partial charge in [-0.25, -0.2) is 0 Å². The van der Waals surface area contributed by atoms with Gasteiger partial charge in [-0.1, -0.05) is 26.7 Å². The van der Waals surface area contributed by atoms with E-state index in [0.717, 1.165) is 6.54 Å². The number of hydrogen-bond donors (Lipinski definition) is 1. The first-order chi connectivity index (χ1) is 6.51. The van der Waals surface area contributed by atoms with Crippen molar-refractivity contribution in [3.8, 4) is 0 Å². The summed E-state index contributed by atoms with van der Waals surface area (Å²) in [5.74, 6) is 0. The van der Waals surface area contributed by atoms with Crippen LogP contribution in [0.25, 0.3) is 0 Å². The van der Waals surface area contributed by atoms with Crippen LogP contribution in [0.1, 0.15) is 53.4 Å². The van der Waals surface area contributed by atoms with E-state index in [2.05, 4.69) is 39.6 Å². The highest BCUT2D eigenvalue weighted by atomic mass is 15.2. The molecule has 2 nitrogen and oxygen atoms in total. The zero-order valence-corrected chi connectivity index (χ0v) is 10.6. The molecule has 0 saturated heterocycles. The smallest absolute Gasteiger partial charge is 0.0303 e. The molecule has 86 valence electrons. The molecule has 0 radical (unpaired) electrons. The minimum atomic E-state index is 0.184. The van der Waals surface area contributed by atoms with Gasteiger partial charge in [0, 0.05) is 18.1 Å². The summed E-state index contributed by atoms with van der Waals surface area (Å²) in [7, 11) is 2.21. The summed E-state index contributed by atoms with van der Waals surface area (Å²) in [4.78, 5) is 2.46. The largest absolute Gasteiger partial charge is 0.329 e. The summed E-state index contributed by atoms with van der Waals surface area (Å²) < 4.78 is 0. The van der Waals surface area contributed by atoms with Gasteiger partial charge in [-0.15, -0.1) is 0 Å². The monoisotopic (exact) mass is 200 g/mol. The maximum absolute atomic E-state index is 5.89. The van der Waals surface area contributed by atoms with E-state index in [1.54, 1.807) is 0 Å². The molecule has 0 aliphatic rings. The second kappa shape index (κ2) is 6.41. The molecular formula is C12H28N2. The minimum absolute atomic E-state index is 0.184. The third kappa shape index (κ3) is 3.58. The van der Waals surface area contributed by atoms with E-state index in [4.69, 9.17) is 5.73 Å². The summed E-state index contributed by atoms with van der Waals surface area (Å²) in [5.41, 5.74) is 6.07. The predicted octanol–water partition coefficient (Wildman–Crippen LogP) is 2.62. The van der Waals surface area contributed by atoms with Crippen LogP contribution < -0.4 is 5.73 Å². The standard InChI is InChI=1S/C12H28N2/c1-6-8-11(3)14(5)12(4,10-13)9-7-2/h11H,6-10,13H2,1-5H3. The molecular weight excluding hydrogens is 172 g/mol. The van der Waals surface area contributed by atoms with Crippen molar-refractivity contribution in [2.75, 3.05) is 13.6 Å². The molecule has 14 heavy (non-hydrogen) atoms. The molecule has 2 N–H and O–H groups in total. The molecule has 0 bridgehead atoms. The van der Waals surface area contributed by atoms with E-state index in [9.17, 15) is 0 Å². The number of nitrogens with zero attached hydrogens (tertiary/aromatic N) is 1. The molecule has 0 aromatic heterocycles. The van der Waals surface area contributed by atoms with Crippen LogP contribution in [-0.4, -0.2) is 30.1 Å². The lowest BCUT2D eigenvalue weighted by molar-refractivity contribution is 0.0865. The van der Waals surface area contributed by atoms with Gasteiger partial charge in [0.2, 0.25) is 0 Å².